The molecule has 0 amide bonds. The molecule has 0 spiro atoms. The van der Waals surface area contributed by atoms with E-state index in [0.29, 0.717) is 0 Å². The van der Waals surface area contributed by atoms with Gasteiger partial charge in [-0.25, -0.2) is 4.98 Å². The second-order valence-electron chi connectivity index (χ2n) is 6.72. The molecular formula is C18H27N3. The lowest BCUT2D eigenvalue weighted by Crippen LogP contribution is -2.40. The standard InChI is InChI=1S/C18H27N3/c1-3-11-21-16-8-6-5-7-15(16)20-17(21)13-18(19)10-9-14(4-2)12-18/h5-8,14H,3-4,9-13,19H2,1-2H3. The van der Waals surface area contributed by atoms with Crippen LogP contribution in [0.15, 0.2) is 24.3 Å². The van der Waals surface area contributed by atoms with Crippen LogP contribution < -0.4 is 5.73 Å². The predicted octanol–water partition coefficient (Wildman–Crippen LogP) is 3.90. The van der Waals surface area contributed by atoms with Gasteiger partial charge in [0.05, 0.1) is 11.0 Å². The summed E-state index contributed by atoms with van der Waals surface area (Å²) < 4.78 is 2.38. The molecule has 3 rings (SSSR count). The minimum Gasteiger partial charge on any atom is -0.328 e. The molecule has 0 saturated heterocycles. The zero-order valence-electron chi connectivity index (χ0n) is 13.3. The summed E-state index contributed by atoms with van der Waals surface area (Å²) in [6.07, 6.45) is 6.87. The predicted molar refractivity (Wildman–Crippen MR) is 88.3 cm³/mol. The topological polar surface area (TPSA) is 43.8 Å². The summed E-state index contributed by atoms with van der Waals surface area (Å²) in [6.45, 7) is 5.53. The Morgan fingerprint density at radius 3 is 2.86 bits per heavy atom. The number of hydrogen-bond donors (Lipinski definition) is 1. The summed E-state index contributed by atoms with van der Waals surface area (Å²) in [5.41, 5.74) is 9.00. The quantitative estimate of drug-likeness (QED) is 0.905. The van der Waals surface area contributed by atoms with Crippen molar-refractivity contribution in [3.8, 4) is 0 Å². The van der Waals surface area contributed by atoms with Crippen molar-refractivity contribution in [1.29, 1.82) is 0 Å². The fourth-order valence-electron chi connectivity index (χ4n) is 3.83. The first-order chi connectivity index (χ1) is 10.1. The molecule has 1 heterocycles. The van der Waals surface area contributed by atoms with E-state index in [1.54, 1.807) is 0 Å². The maximum Gasteiger partial charge on any atom is 0.111 e. The van der Waals surface area contributed by atoms with E-state index in [1.165, 1.54) is 24.2 Å². The molecule has 1 aromatic heterocycles. The van der Waals surface area contributed by atoms with Crippen LogP contribution in [-0.4, -0.2) is 15.1 Å². The Morgan fingerprint density at radius 1 is 1.33 bits per heavy atom. The van der Waals surface area contributed by atoms with Crippen molar-refractivity contribution < 1.29 is 0 Å². The first kappa shape index (κ1) is 14.6. The first-order valence-corrected chi connectivity index (χ1v) is 8.38. The number of imidazole rings is 1. The van der Waals surface area contributed by atoms with Crippen molar-refractivity contribution in [2.45, 2.75) is 64.5 Å². The lowest BCUT2D eigenvalue weighted by atomic mass is 9.92. The Balaban J connectivity index is 1.91. The van der Waals surface area contributed by atoms with Crippen LogP contribution in [0.5, 0.6) is 0 Å². The van der Waals surface area contributed by atoms with E-state index in [0.717, 1.165) is 43.7 Å². The molecule has 21 heavy (non-hydrogen) atoms. The van der Waals surface area contributed by atoms with Gasteiger partial charge < -0.3 is 10.3 Å². The summed E-state index contributed by atoms with van der Waals surface area (Å²) in [6, 6.07) is 8.45. The van der Waals surface area contributed by atoms with Crippen LogP contribution in [0.25, 0.3) is 11.0 Å². The maximum absolute atomic E-state index is 6.69. The van der Waals surface area contributed by atoms with Gasteiger partial charge in [0.1, 0.15) is 5.82 Å². The third-order valence-electron chi connectivity index (χ3n) is 5.01. The molecule has 114 valence electrons. The van der Waals surface area contributed by atoms with Gasteiger partial charge in [-0.15, -0.1) is 0 Å². The number of fused-ring (bicyclic) bond motifs is 1. The number of aromatic nitrogens is 2. The first-order valence-electron chi connectivity index (χ1n) is 8.38. The van der Waals surface area contributed by atoms with Crippen LogP contribution in [-0.2, 0) is 13.0 Å². The molecule has 1 aromatic carbocycles. The molecule has 3 nitrogen and oxygen atoms in total. The van der Waals surface area contributed by atoms with Crippen molar-refractivity contribution in [3.63, 3.8) is 0 Å². The molecule has 0 bridgehead atoms. The van der Waals surface area contributed by atoms with E-state index in [1.807, 2.05) is 0 Å². The van der Waals surface area contributed by atoms with Gasteiger partial charge in [0, 0.05) is 18.5 Å². The average molecular weight is 285 g/mol. The van der Waals surface area contributed by atoms with Crippen molar-refractivity contribution in [1.82, 2.24) is 9.55 Å². The molecule has 1 fully saturated rings. The van der Waals surface area contributed by atoms with E-state index < -0.39 is 0 Å². The Kier molecular flexibility index (Phi) is 4.03. The van der Waals surface area contributed by atoms with Gasteiger partial charge in [-0.2, -0.15) is 0 Å². The summed E-state index contributed by atoms with van der Waals surface area (Å²) in [4.78, 5) is 4.87. The molecule has 1 saturated carbocycles. The van der Waals surface area contributed by atoms with Crippen molar-refractivity contribution in [2.75, 3.05) is 0 Å². The summed E-state index contributed by atoms with van der Waals surface area (Å²) in [5, 5.41) is 0. The van der Waals surface area contributed by atoms with Gasteiger partial charge in [-0.3, -0.25) is 0 Å². The maximum atomic E-state index is 6.69. The second-order valence-corrected chi connectivity index (χ2v) is 6.72. The Labute approximate surface area is 127 Å². The highest BCUT2D eigenvalue weighted by molar-refractivity contribution is 5.75. The van der Waals surface area contributed by atoms with Gasteiger partial charge in [0.15, 0.2) is 0 Å². The Hall–Kier alpha value is -1.35. The fourth-order valence-corrected chi connectivity index (χ4v) is 3.83. The molecular weight excluding hydrogens is 258 g/mol. The molecule has 0 radical (unpaired) electrons. The number of para-hydroxylation sites is 2. The van der Waals surface area contributed by atoms with E-state index in [9.17, 15) is 0 Å². The summed E-state index contributed by atoms with van der Waals surface area (Å²) >= 11 is 0. The van der Waals surface area contributed by atoms with Crippen LogP contribution in [0.2, 0.25) is 0 Å². The van der Waals surface area contributed by atoms with Gasteiger partial charge in [-0.1, -0.05) is 32.4 Å². The normalized spacial score (nSPS) is 25.8. The molecule has 1 aliphatic rings. The van der Waals surface area contributed by atoms with Gasteiger partial charge >= 0.3 is 0 Å². The molecule has 0 aliphatic heterocycles. The smallest absolute Gasteiger partial charge is 0.111 e. The monoisotopic (exact) mass is 285 g/mol. The van der Waals surface area contributed by atoms with E-state index in [2.05, 4.69) is 42.7 Å². The van der Waals surface area contributed by atoms with Crippen LogP contribution in [0.4, 0.5) is 0 Å². The second kappa shape index (κ2) is 5.80. The number of hydrogen-bond acceptors (Lipinski definition) is 2. The van der Waals surface area contributed by atoms with Crippen molar-refractivity contribution in [3.05, 3.63) is 30.1 Å². The van der Waals surface area contributed by atoms with Gasteiger partial charge in [0.2, 0.25) is 0 Å². The van der Waals surface area contributed by atoms with Gasteiger partial charge in [0.25, 0.3) is 0 Å². The zero-order valence-corrected chi connectivity index (χ0v) is 13.3. The largest absolute Gasteiger partial charge is 0.328 e. The molecule has 2 unspecified atom stereocenters. The molecule has 2 aromatic rings. The lowest BCUT2D eigenvalue weighted by Gasteiger charge is -2.24. The molecule has 2 N–H and O–H groups in total. The number of nitrogens with two attached hydrogens (primary N) is 1. The highest BCUT2D eigenvalue weighted by Crippen LogP contribution is 2.37. The molecule has 3 heteroatoms. The van der Waals surface area contributed by atoms with E-state index in [4.69, 9.17) is 10.7 Å². The lowest BCUT2D eigenvalue weighted by molar-refractivity contribution is 0.393. The van der Waals surface area contributed by atoms with E-state index >= 15 is 0 Å². The number of aryl methyl sites for hydroxylation is 1. The van der Waals surface area contributed by atoms with E-state index in [-0.39, 0.29) is 5.54 Å². The Bertz CT molecular complexity index is 616. The van der Waals surface area contributed by atoms with Crippen molar-refractivity contribution in [2.24, 2.45) is 11.7 Å². The minimum atomic E-state index is -0.0481. The van der Waals surface area contributed by atoms with Crippen LogP contribution >= 0.6 is 0 Å². The summed E-state index contributed by atoms with van der Waals surface area (Å²) in [5.74, 6) is 1.98. The third-order valence-corrected chi connectivity index (χ3v) is 5.01. The highest BCUT2D eigenvalue weighted by Gasteiger charge is 2.36. The van der Waals surface area contributed by atoms with Crippen LogP contribution in [0, 0.1) is 5.92 Å². The van der Waals surface area contributed by atoms with Crippen LogP contribution in [0.3, 0.4) is 0 Å². The minimum absolute atomic E-state index is 0.0481. The molecule has 1 aliphatic carbocycles. The summed E-state index contributed by atoms with van der Waals surface area (Å²) in [7, 11) is 0. The highest BCUT2D eigenvalue weighted by atomic mass is 15.1. The fraction of sp³-hybridized carbons (Fsp3) is 0.611. The third kappa shape index (κ3) is 2.84. The van der Waals surface area contributed by atoms with Gasteiger partial charge in [-0.05, 0) is 43.7 Å². The van der Waals surface area contributed by atoms with Crippen LogP contribution in [0.1, 0.15) is 51.8 Å². The number of nitrogens with zero attached hydrogens (tertiary/aromatic N) is 2. The number of rotatable bonds is 5. The Morgan fingerprint density at radius 2 is 2.14 bits per heavy atom. The number of benzene rings is 1. The SMILES string of the molecule is CCCn1c(CC2(N)CCC(CC)C2)nc2ccccc21. The van der Waals surface area contributed by atoms with Crippen molar-refractivity contribution >= 4 is 11.0 Å². The average Bonchev–Trinajstić information content (AvgIpc) is 3.01. The zero-order chi connectivity index (χ0) is 14.9. The molecule has 2 atom stereocenters.